The molecule has 0 amide bonds. The van der Waals surface area contributed by atoms with Crippen molar-refractivity contribution in [2.45, 2.75) is 39.2 Å². The first-order valence-corrected chi connectivity index (χ1v) is 6.83. The fraction of sp³-hybridized carbons (Fsp3) is 1.00. The van der Waals surface area contributed by atoms with E-state index in [4.69, 9.17) is 4.74 Å². The second-order valence-electron chi connectivity index (χ2n) is 5.39. The van der Waals surface area contributed by atoms with Crippen LogP contribution in [0.2, 0.25) is 0 Å². The van der Waals surface area contributed by atoms with Crippen molar-refractivity contribution in [1.82, 2.24) is 10.2 Å². The van der Waals surface area contributed by atoms with E-state index < -0.39 is 0 Å². The smallest absolute Gasteiger partial charge is 0.0826 e. The molecule has 2 aliphatic heterocycles. The van der Waals surface area contributed by atoms with Crippen molar-refractivity contribution in [3.8, 4) is 0 Å². The zero-order valence-corrected chi connectivity index (χ0v) is 10.8. The molecule has 2 aliphatic rings. The van der Waals surface area contributed by atoms with Crippen LogP contribution in [0.25, 0.3) is 0 Å². The quantitative estimate of drug-likeness (QED) is 0.786. The van der Waals surface area contributed by atoms with Gasteiger partial charge in [0.25, 0.3) is 0 Å². The van der Waals surface area contributed by atoms with Gasteiger partial charge in [0, 0.05) is 26.2 Å². The van der Waals surface area contributed by atoms with E-state index >= 15 is 0 Å². The average molecular weight is 226 g/mol. The topological polar surface area (TPSA) is 24.5 Å². The van der Waals surface area contributed by atoms with Gasteiger partial charge < -0.3 is 15.0 Å². The normalized spacial score (nSPS) is 30.8. The molecule has 0 aromatic carbocycles. The standard InChI is InChI=1S/C13H26N2O/c1-3-13(4-2)5-7-15(11-13)10-12-9-14-6-8-16-12/h12,14H,3-11H2,1-2H3. The molecule has 3 heteroatoms. The molecule has 2 saturated heterocycles. The summed E-state index contributed by atoms with van der Waals surface area (Å²) in [6.07, 6.45) is 4.44. The predicted octanol–water partition coefficient (Wildman–Crippen LogP) is 1.49. The van der Waals surface area contributed by atoms with E-state index in [1.54, 1.807) is 0 Å². The fourth-order valence-corrected chi connectivity index (χ4v) is 3.04. The first-order valence-electron chi connectivity index (χ1n) is 6.83. The second kappa shape index (κ2) is 5.48. The maximum atomic E-state index is 5.77. The zero-order valence-electron chi connectivity index (χ0n) is 10.8. The minimum absolute atomic E-state index is 0.415. The average Bonchev–Trinajstić information content (AvgIpc) is 2.75. The van der Waals surface area contributed by atoms with E-state index in [0.29, 0.717) is 11.5 Å². The Bertz CT molecular complexity index is 210. The molecular formula is C13H26N2O. The second-order valence-corrected chi connectivity index (χ2v) is 5.39. The lowest BCUT2D eigenvalue weighted by Crippen LogP contribution is -2.45. The molecule has 0 spiro atoms. The van der Waals surface area contributed by atoms with Gasteiger partial charge in [-0.05, 0) is 31.2 Å². The summed E-state index contributed by atoms with van der Waals surface area (Å²) < 4.78 is 5.77. The number of nitrogens with one attached hydrogen (secondary N) is 1. The molecule has 2 fully saturated rings. The molecule has 3 nitrogen and oxygen atoms in total. The van der Waals surface area contributed by atoms with Crippen molar-refractivity contribution in [2.24, 2.45) is 5.41 Å². The van der Waals surface area contributed by atoms with Gasteiger partial charge in [0.2, 0.25) is 0 Å². The Balaban J connectivity index is 1.79. The Kier molecular flexibility index (Phi) is 4.22. The summed E-state index contributed by atoms with van der Waals surface area (Å²) in [5, 5.41) is 3.41. The maximum Gasteiger partial charge on any atom is 0.0826 e. The number of hydrogen-bond donors (Lipinski definition) is 1. The largest absolute Gasteiger partial charge is 0.374 e. The molecule has 0 aliphatic carbocycles. The molecule has 0 aromatic rings. The van der Waals surface area contributed by atoms with Gasteiger partial charge in [-0.1, -0.05) is 13.8 Å². The number of rotatable bonds is 4. The lowest BCUT2D eigenvalue weighted by molar-refractivity contribution is 0.00760. The van der Waals surface area contributed by atoms with E-state index in [1.165, 1.54) is 32.4 Å². The molecule has 1 N–H and O–H groups in total. The Morgan fingerprint density at radius 1 is 1.38 bits per heavy atom. The van der Waals surface area contributed by atoms with Crippen LogP contribution < -0.4 is 5.32 Å². The highest BCUT2D eigenvalue weighted by atomic mass is 16.5. The van der Waals surface area contributed by atoms with Crippen LogP contribution >= 0.6 is 0 Å². The molecule has 0 saturated carbocycles. The Labute approximate surface area is 99.5 Å². The van der Waals surface area contributed by atoms with Gasteiger partial charge in [0.1, 0.15) is 0 Å². The van der Waals surface area contributed by atoms with Crippen molar-refractivity contribution >= 4 is 0 Å². The van der Waals surface area contributed by atoms with Crippen LogP contribution in [0.3, 0.4) is 0 Å². The summed E-state index contributed by atoms with van der Waals surface area (Å²) in [6, 6.07) is 0. The van der Waals surface area contributed by atoms with Gasteiger partial charge in [-0.2, -0.15) is 0 Å². The third-order valence-electron chi connectivity index (χ3n) is 4.48. The van der Waals surface area contributed by atoms with Crippen molar-refractivity contribution in [3.05, 3.63) is 0 Å². The van der Waals surface area contributed by atoms with E-state index in [2.05, 4.69) is 24.1 Å². The van der Waals surface area contributed by atoms with Gasteiger partial charge in [0.05, 0.1) is 12.7 Å². The molecule has 0 aromatic heterocycles. The van der Waals surface area contributed by atoms with E-state index in [1.807, 2.05) is 0 Å². The minimum atomic E-state index is 0.415. The molecule has 2 heterocycles. The van der Waals surface area contributed by atoms with Gasteiger partial charge in [0.15, 0.2) is 0 Å². The highest BCUT2D eigenvalue weighted by Gasteiger charge is 2.35. The number of likely N-dealkylation sites (tertiary alicyclic amines) is 1. The van der Waals surface area contributed by atoms with Gasteiger partial charge in [-0.15, -0.1) is 0 Å². The van der Waals surface area contributed by atoms with Crippen LogP contribution in [-0.4, -0.2) is 50.3 Å². The summed E-state index contributed by atoms with van der Waals surface area (Å²) in [4.78, 5) is 2.60. The van der Waals surface area contributed by atoms with Crippen LogP contribution in [0.5, 0.6) is 0 Å². The zero-order chi connectivity index (χ0) is 11.4. The molecule has 1 atom stereocenters. The summed E-state index contributed by atoms with van der Waals surface area (Å²) in [6.45, 7) is 11.3. The van der Waals surface area contributed by atoms with Gasteiger partial charge >= 0.3 is 0 Å². The highest BCUT2D eigenvalue weighted by Crippen LogP contribution is 2.36. The molecule has 1 unspecified atom stereocenters. The van der Waals surface area contributed by atoms with E-state index in [0.717, 1.165) is 26.2 Å². The predicted molar refractivity (Wildman–Crippen MR) is 66.7 cm³/mol. The fourth-order valence-electron chi connectivity index (χ4n) is 3.04. The molecular weight excluding hydrogens is 200 g/mol. The van der Waals surface area contributed by atoms with E-state index in [9.17, 15) is 0 Å². The lowest BCUT2D eigenvalue weighted by Gasteiger charge is -2.30. The van der Waals surface area contributed by atoms with Crippen molar-refractivity contribution in [1.29, 1.82) is 0 Å². The molecule has 94 valence electrons. The van der Waals surface area contributed by atoms with Crippen LogP contribution in [0.1, 0.15) is 33.1 Å². The minimum Gasteiger partial charge on any atom is -0.374 e. The number of ether oxygens (including phenoxy) is 1. The number of nitrogens with zero attached hydrogens (tertiary/aromatic N) is 1. The SMILES string of the molecule is CCC1(CC)CCN(CC2CNCCO2)C1. The van der Waals surface area contributed by atoms with E-state index in [-0.39, 0.29) is 0 Å². The van der Waals surface area contributed by atoms with Crippen molar-refractivity contribution < 1.29 is 4.74 Å². The third-order valence-corrected chi connectivity index (χ3v) is 4.48. The number of hydrogen-bond acceptors (Lipinski definition) is 3. The number of morpholine rings is 1. The van der Waals surface area contributed by atoms with Crippen LogP contribution in [0.15, 0.2) is 0 Å². The first kappa shape index (κ1) is 12.3. The highest BCUT2D eigenvalue weighted by molar-refractivity contribution is 4.89. The Hall–Kier alpha value is -0.120. The summed E-state index contributed by atoms with van der Waals surface area (Å²) in [7, 11) is 0. The summed E-state index contributed by atoms with van der Waals surface area (Å²) >= 11 is 0. The molecule has 0 radical (unpaired) electrons. The Morgan fingerprint density at radius 2 is 2.19 bits per heavy atom. The van der Waals surface area contributed by atoms with Crippen LogP contribution in [0.4, 0.5) is 0 Å². The van der Waals surface area contributed by atoms with Crippen molar-refractivity contribution in [3.63, 3.8) is 0 Å². The summed E-state index contributed by atoms with van der Waals surface area (Å²) in [5.74, 6) is 0. The molecule has 2 rings (SSSR count). The van der Waals surface area contributed by atoms with Gasteiger partial charge in [-0.25, -0.2) is 0 Å². The van der Waals surface area contributed by atoms with Crippen molar-refractivity contribution in [2.75, 3.05) is 39.3 Å². The third kappa shape index (κ3) is 2.76. The molecule has 16 heavy (non-hydrogen) atoms. The lowest BCUT2D eigenvalue weighted by atomic mass is 9.82. The monoisotopic (exact) mass is 226 g/mol. The van der Waals surface area contributed by atoms with Crippen LogP contribution in [-0.2, 0) is 4.74 Å². The maximum absolute atomic E-state index is 5.77. The Morgan fingerprint density at radius 3 is 2.75 bits per heavy atom. The van der Waals surface area contributed by atoms with Crippen LogP contribution in [0, 0.1) is 5.41 Å². The summed E-state index contributed by atoms with van der Waals surface area (Å²) in [5.41, 5.74) is 0.599. The first-order chi connectivity index (χ1) is 7.78. The molecule has 0 bridgehead atoms. The van der Waals surface area contributed by atoms with Gasteiger partial charge in [-0.3, -0.25) is 0 Å².